The summed E-state index contributed by atoms with van der Waals surface area (Å²) in [4.78, 5) is 38.1. The van der Waals surface area contributed by atoms with Gasteiger partial charge in [0.05, 0.1) is 12.2 Å². The van der Waals surface area contributed by atoms with Crippen molar-refractivity contribution in [3.63, 3.8) is 0 Å². The molecule has 0 atom stereocenters. The van der Waals surface area contributed by atoms with E-state index < -0.39 is 11.5 Å². The van der Waals surface area contributed by atoms with Crippen LogP contribution in [0.3, 0.4) is 0 Å². The predicted molar refractivity (Wildman–Crippen MR) is 107 cm³/mol. The Morgan fingerprint density at radius 1 is 0.964 bits per heavy atom. The van der Waals surface area contributed by atoms with Crippen LogP contribution < -0.4 is 10.9 Å². The van der Waals surface area contributed by atoms with Gasteiger partial charge in [0, 0.05) is 18.3 Å². The Morgan fingerprint density at radius 2 is 1.57 bits per heavy atom. The van der Waals surface area contributed by atoms with E-state index in [1.54, 1.807) is 31.2 Å². The number of ether oxygens (including phenoxy) is 1. The molecule has 0 aliphatic heterocycles. The number of para-hydroxylation sites is 1. The lowest BCUT2D eigenvalue weighted by molar-refractivity contribution is 0.0523. The Balaban J connectivity index is 2.19. The van der Waals surface area contributed by atoms with E-state index in [0.29, 0.717) is 17.1 Å². The number of carbonyl (C=O) groups is 2. The standard InChI is InChI=1S/C22H20N2O4/c1-3-28-22(27)18-14-17(19(25)15-10-6-4-7-11-15)20(24(2)21(18)26)23-16-12-8-5-9-13-16/h4-14,23H,3H2,1-2H3. The molecule has 0 saturated carbocycles. The maximum Gasteiger partial charge on any atom is 0.343 e. The van der Waals surface area contributed by atoms with Gasteiger partial charge in [0.15, 0.2) is 5.78 Å². The summed E-state index contributed by atoms with van der Waals surface area (Å²) in [7, 11) is 1.51. The zero-order valence-corrected chi connectivity index (χ0v) is 15.6. The molecule has 0 saturated heterocycles. The number of carbonyl (C=O) groups excluding carboxylic acids is 2. The number of aromatic nitrogens is 1. The van der Waals surface area contributed by atoms with E-state index in [0.717, 1.165) is 0 Å². The molecule has 28 heavy (non-hydrogen) atoms. The number of nitrogens with zero attached hydrogens (tertiary/aromatic N) is 1. The van der Waals surface area contributed by atoms with E-state index in [-0.39, 0.29) is 23.5 Å². The van der Waals surface area contributed by atoms with Gasteiger partial charge in [-0.3, -0.25) is 14.2 Å². The van der Waals surface area contributed by atoms with Crippen molar-refractivity contribution < 1.29 is 14.3 Å². The molecule has 142 valence electrons. The van der Waals surface area contributed by atoms with E-state index >= 15 is 0 Å². The molecule has 0 bridgehead atoms. The number of esters is 1. The average molecular weight is 376 g/mol. The van der Waals surface area contributed by atoms with Crippen LogP contribution in [0.1, 0.15) is 33.2 Å². The molecule has 3 rings (SSSR count). The molecule has 0 unspecified atom stereocenters. The molecule has 0 radical (unpaired) electrons. The smallest absolute Gasteiger partial charge is 0.343 e. The number of rotatable bonds is 6. The van der Waals surface area contributed by atoms with Gasteiger partial charge in [-0.05, 0) is 25.1 Å². The molecule has 0 spiro atoms. The van der Waals surface area contributed by atoms with Gasteiger partial charge < -0.3 is 10.1 Å². The molecule has 0 fully saturated rings. The maximum atomic E-state index is 13.1. The molecule has 6 nitrogen and oxygen atoms in total. The van der Waals surface area contributed by atoms with Crippen LogP contribution in [-0.2, 0) is 11.8 Å². The Labute approximate surface area is 162 Å². The van der Waals surface area contributed by atoms with Gasteiger partial charge in [-0.1, -0.05) is 48.5 Å². The van der Waals surface area contributed by atoms with Crippen molar-refractivity contribution in [2.75, 3.05) is 11.9 Å². The van der Waals surface area contributed by atoms with E-state index in [2.05, 4.69) is 5.32 Å². The minimum absolute atomic E-state index is 0.133. The van der Waals surface area contributed by atoms with Crippen molar-refractivity contribution in [2.24, 2.45) is 7.05 Å². The molecular formula is C22H20N2O4. The Morgan fingerprint density at radius 3 is 2.18 bits per heavy atom. The summed E-state index contributed by atoms with van der Waals surface area (Å²) in [6, 6.07) is 19.2. The third-order valence-corrected chi connectivity index (χ3v) is 4.23. The lowest BCUT2D eigenvalue weighted by Crippen LogP contribution is -2.29. The van der Waals surface area contributed by atoms with Crippen molar-refractivity contribution in [2.45, 2.75) is 6.92 Å². The van der Waals surface area contributed by atoms with Crippen molar-refractivity contribution in [3.8, 4) is 0 Å². The fraction of sp³-hybridized carbons (Fsp3) is 0.136. The first-order valence-corrected chi connectivity index (χ1v) is 8.86. The zero-order chi connectivity index (χ0) is 20.1. The quantitative estimate of drug-likeness (QED) is 0.526. The van der Waals surface area contributed by atoms with Crippen molar-refractivity contribution in [3.05, 3.63) is 93.8 Å². The minimum Gasteiger partial charge on any atom is -0.462 e. The normalized spacial score (nSPS) is 10.4. The first kappa shape index (κ1) is 19.1. The number of ketones is 1. The molecule has 0 aliphatic rings. The van der Waals surface area contributed by atoms with E-state index in [1.807, 2.05) is 36.4 Å². The van der Waals surface area contributed by atoms with E-state index in [4.69, 9.17) is 4.74 Å². The first-order chi connectivity index (χ1) is 13.5. The largest absolute Gasteiger partial charge is 0.462 e. The summed E-state index contributed by atoms with van der Waals surface area (Å²) < 4.78 is 6.24. The lowest BCUT2D eigenvalue weighted by atomic mass is 10.0. The van der Waals surface area contributed by atoms with Gasteiger partial charge in [0.25, 0.3) is 5.56 Å². The van der Waals surface area contributed by atoms with Crippen LogP contribution in [-0.4, -0.2) is 22.9 Å². The summed E-state index contributed by atoms with van der Waals surface area (Å²) in [6.45, 7) is 1.79. The fourth-order valence-corrected chi connectivity index (χ4v) is 2.82. The molecular weight excluding hydrogens is 356 g/mol. The van der Waals surface area contributed by atoms with E-state index in [1.165, 1.54) is 17.7 Å². The summed E-state index contributed by atoms with van der Waals surface area (Å²) in [5.74, 6) is -0.755. The third kappa shape index (κ3) is 3.86. The number of benzene rings is 2. The number of hydrogen-bond acceptors (Lipinski definition) is 5. The Kier molecular flexibility index (Phi) is 5.69. The van der Waals surface area contributed by atoms with Crippen LogP contribution in [0.4, 0.5) is 11.5 Å². The van der Waals surface area contributed by atoms with Crippen LogP contribution in [0, 0.1) is 0 Å². The fourth-order valence-electron chi connectivity index (χ4n) is 2.82. The topological polar surface area (TPSA) is 77.4 Å². The summed E-state index contributed by atoms with van der Waals surface area (Å²) in [6.07, 6.45) is 0. The molecule has 0 aliphatic carbocycles. The predicted octanol–water partition coefficient (Wildman–Crippen LogP) is 3.54. The number of hydrogen-bond donors (Lipinski definition) is 1. The molecule has 3 aromatic rings. The van der Waals surface area contributed by atoms with E-state index in [9.17, 15) is 14.4 Å². The van der Waals surface area contributed by atoms with Gasteiger partial charge in [-0.25, -0.2) is 4.79 Å². The number of nitrogens with one attached hydrogen (secondary N) is 1. The number of pyridine rings is 1. The van der Waals surface area contributed by atoms with Gasteiger partial charge in [0.2, 0.25) is 0 Å². The summed E-state index contributed by atoms with van der Waals surface area (Å²) in [5, 5.41) is 3.12. The highest BCUT2D eigenvalue weighted by atomic mass is 16.5. The molecule has 1 aromatic heterocycles. The van der Waals surface area contributed by atoms with Gasteiger partial charge >= 0.3 is 5.97 Å². The summed E-state index contributed by atoms with van der Waals surface area (Å²) >= 11 is 0. The second kappa shape index (κ2) is 8.35. The van der Waals surface area contributed by atoms with Crippen LogP contribution in [0.2, 0.25) is 0 Å². The van der Waals surface area contributed by atoms with Crippen LogP contribution in [0.15, 0.2) is 71.5 Å². The Bertz CT molecular complexity index is 1060. The highest BCUT2D eigenvalue weighted by molar-refractivity contribution is 6.13. The van der Waals surface area contributed by atoms with Crippen LogP contribution in [0.25, 0.3) is 0 Å². The maximum absolute atomic E-state index is 13.1. The molecule has 6 heteroatoms. The van der Waals surface area contributed by atoms with Crippen LogP contribution >= 0.6 is 0 Å². The van der Waals surface area contributed by atoms with Gasteiger partial charge in [-0.2, -0.15) is 0 Å². The molecule has 0 amide bonds. The van der Waals surface area contributed by atoms with Gasteiger partial charge in [-0.15, -0.1) is 0 Å². The highest BCUT2D eigenvalue weighted by Crippen LogP contribution is 2.23. The van der Waals surface area contributed by atoms with Crippen molar-refractivity contribution in [1.29, 1.82) is 0 Å². The minimum atomic E-state index is -0.753. The highest BCUT2D eigenvalue weighted by Gasteiger charge is 2.23. The SMILES string of the molecule is CCOC(=O)c1cc(C(=O)c2ccccc2)c(Nc2ccccc2)n(C)c1=O. The monoisotopic (exact) mass is 376 g/mol. The van der Waals surface area contributed by atoms with Crippen molar-refractivity contribution >= 4 is 23.3 Å². The van der Waals surface area contributed by atoms with Crippen LogP contribution in [0.5, 0.6) is 0 Å². The second-order valence-electron chi connectivity index (χ2n) is 6.09. The van der Waals surface area contributed by atoms with Gasteiger partial charge in [0.1, 0.15) is 11.4 Å². The number of anilines is 2. The molecule has 2 aromatic carbocycles. The summed E-state index contributed by atoms with van der Waals surface area (Å²) in [5.41, 5.74) is 0.652. The lowest BCUT2D eigenvalue weighted by Gasteiger charge is -2.17. The molecule has 1 heterocycles. The third-order valence-electron chi connectivity index (χ3n) is 4.23. The Hall–Kier alpha value is -3.67. The second-order valence-corrected chi connectivity index (χ2v) is 6.09. The first-order valence-electron chi connectivity index (χ1n) is 8.86. The van der Waals surface area contributed by atoms with Crippen molar-refractivity contribution in [1.82, 2.24) is 4.57 Å². The average Bonchev–Trinajstić information content (AvgIpc) is 2.72. The molecule has 1 N–H and O–H groups in total. The zero-order valence-electron chi connectivity index (χ0n) is 15.6.